The molecule has 3 aromatic rings. The second kappa shape index (κ2) is 12.2. The van der Waals surface area contributed by atoms with Gasteiger partial charge in [0.25, 0.3) is 5.56 Å². The van der Waals surface area contributed by atoms with Crippen molar-refractivity contribution >= 4 is 10.8 Å². The van der Waals surface area contributed by atoms with Crippen molar-refractivity contribution in [2.45, 2.75) is 34.2 Å². The summed E-state index contributed by atoms with van der Waals surface area (Å²) < 4.78 is 6.06. The van der Waals surface area contributed by atoms with Crippen LogP contribution in [0.3, 0.4) is 0 Å². The summed E-state index contributed by atoms with van der Waals surface area (Å²) in [5.41, 5.74) is 2.71. The molecule has 1 aromatic heterocycles. The summed E-state index contributed by atoms with van der Waals surface area (Å²) in [4.78, 5) is 16.9. The quantitative estimate of drug-likeness (QED) is 0.399. The Hall–Kier alpha value is -2.96. The zero-order chi connectivity index (χ0) is 23.7. The summed E-state index contributed by atoms with van der Waals surface area (Å²) in [6, 6.07) is 11.7. The number of hydrogen-bond donors (Lipinski definition) is 1. The molecule has 6 nitrogen and oxygen atoms in total. The Balaban J connectivity index is 0.000000860. The summed E-state index contributed by atoms with van der Waals surface area (Å²) in [5, 5.41) is 8.36. The van der Waals surface area contributed by atoms with Gasteiger partial charge in [0.15, 0.2) is 0 Å². The van der Waals surface area contributed by atoms with Crippen LogP contribution in [0.4, 0.5) is 0 Å². The minimum atomic E-state index is -0.194. The van der Waals surface area contributed by atoms with Crippen LogP contribution >= 0.6 is 0 Å². The second-order valence-electron chi connectivity index (χ2n) is 7.28. The molecule has 1 aliphatic heterocycles. The van der Waals surface area contributed by atoms with E-state index in [0.29, 0.717) is 11.1 Å². The van der Waals surface area contributed by atoms with Crippen molar-refractivity contribution in [2.75, 3.05) is 33.2 Å². The van der Waals surface area contributed by atoms with E-state index in [0.717, 1.165) is 55.1 Å². The van der Waals surface area contributed by atoms with E-state index >= 15 is 0 Å². The standard InChI is InChI=1S/C22H26N4O2.C2H6.C2H4/c1-4-26(5-2)12-11-25(3)14-15-9-10-18-17(13-15)21-20-16(22(27)24-23-21)7-6-8-19(20)28-18;2*1-2/h6-10,13H,4-5,11-12,14H2,1-3H3,(H,24,27);1-2H3;1-2H2. The zero-order valence-corrected chi connectivity index (χ0v) is 20.1. The molecule has 1 N–H and O–H groups in total. The van der Waals surface area contributed by atoms with Crippen LogP contribution in [0.5, 0.6) is 11.5 Å². The highest BCUT2D eigenvalue weighted by atomic mass is 16.5. The summed E-state index contributed by atoms with van der Waals surface area (Å²) in [7, 11) is 2.14. The molecule has 6 heteroatoms. The highest BCUT2D eigenvalue weighted by molar-refractivity contribution is 6.01. The summed E-state index contributed by atoms with van der Waals surface area (Å²) >= 11 is 0. The van der Waals surface area contributed by atoms with E-state index < -0.39 is 0 Å². The van der Waals surface area contributed by atoms with Crippen LogP contribution < -0.4 is 10.3 Å². The van der Waals surface area contributed by atoms with Crippen LogP contribution in [-0.4, -0.2) is 53.2 Å². The van der Waals surface area contributed by atoms with Gasteiger partial charge in [-0.2, -0.15) is 5.10 Å². The topological polar surface area (TPSA) is 61.5 Å². The van der Waals surface area contributed by atoms with Gasteiger partial charge in [-0.3, -0.25) is 4.79 Å². The minimum absolute atomic E-state index is 0.194. The molecule has 2 aromatic carbocycles. The second-order valence-corrected chi connectivity index (χ2v) is 7.28. The number of likely N-dealkylation sites (N-methyl/N-ethyl adjacent to an activating group) is 2. The van der Waals surface area contributed by atoms with Gasteiger partial charge < -0.3 is 14.5 Å². The number of hydrogen-bond acceptors (Lipinski definition) is 5. The van der Waals surface area contributed by atoms with E-state index in [9.17, 15) is 4.79 Å². The predicted molar refractivity (Wildman–Crippen MR) is 135 cm³/mol. The smallest absolute Gasteiger partial charge is 0.272 e. The molecule has 172 valence electrons. The number of nitrogens with zero attached hydrogens (tertiary/aromatic N) is 3. The van der Waals surface area contributed by atoms with Gasteiger partial charge >= 0.3 is 0 Å². The average Bonchev–Trinajstić information content (AvgIpc) is 2.84. The van der Waals surface area contributed by atoms with Gasteiger partial charge in [-0.25, -0.2) is 5.10 Å². The molecule has 2 heterocycles. The molecule has 0 aliphatic carbocycles. The van der Waals surface area contributed by atoms with Crippen molar-refractivity contribution in [3.63, 3.8) is 0 Å². The Bertz CT molecular complexity index is 1070. The Labute approximate surface area is 191 Å². The molecule has 0 fully saturated rings. The first-order valence-electron chi connectivity index (χ1n) is 11.3. The monoisotopic (exact) mass is 436 g/mol. The van der Waals surface area contributed by atoms with E-state index in [2.05, 4.69) is 66.2 Å². The van der Waals surface area contributed by atoms with Gasteiger partial charge in [-0.15, -0.1) is 13.2 Å². The molecule has 0 atom stereocenters. The fraction of sp³-hybridized carbons (Fsp3) is 0.385. The molecule has 0 bridgehead atoms. The maximum Gasteiger partial charge on any atom is 0.272 e. The minimum Gasteiger partial charge on any atom is -0.456 e. The highest BCUT2D eigenvalue weighted by Gasteiger charge is 2.23. The van der Waals surface area contributed by atoms with E-state index in [1.807, 2.05) is 38.1 Å². The summed E-state index contributed by atoms with van der Waals surface area (Å²) in [6.07, 6.45) is 0. The number of rotatable bonds is 7. The molecule has 0 spiro atoms. The van der Waals surface area contributed by atoms with Gasteiger partial charge in [0.2, 0.25) is 0 Å². The number of aromatic nitrogens is 2. The van der Waals surface area contributed by atoms with Crippen LogP contribution in [0, 0.1) is 0 Å². The van der Waals surface area contributed by atoms with Crippen molar-refractivity contribution < 1.29 is 4.74 Å². The maximum atomic E-state index is 12.1. The Morgan fingerprint density at radius 1 is 1.03 bits per heavy atom. The molecular weight excluding hydrogens is 400 g/mol. The van der Waals surface area contributed by atoms with Gasteiger partial charge in [0.05, 0.1) is 10.8 Å². The molecule has 0 saturated carbocycles. The fourth-order valence-electron chi connectivity index (χ4n) is 3.78. The number of ether oxygens (including phenoxy) is 1. The lowest BCUT2D eigenvalue weighted by atomic mass is 9.99. The van der Waals surface area contributed by atoms with Crippen molar-refractivity contribution in [3.05, 3.63) is 65.5 Å². The lowest BCUT2D eigenvalue weighted by molar-refractivity contribution is 0.236. The Morgan fingerprint density at radius 2 is 1.75 bits per heavy atom. The first-order chi connectivity index (χ1) is 15.6. The largest absolute Gasteiger partial charge is 0.456 e. The first kappa shape index (κ1) is 25.3. The van der Waals surface area contributed by atoms with Gasteiger partial charge in [-0.05, 0) is 50.0 Å². The maximum absolute atomic E-state index is 12.1. The Morgan fingerprint density at radius 3 is 2.44 bits per heavy atom. The van der Waals surface area contributed by atoms with E-state index in [1.165, 1.54) is 5.56 Å². The lowest BCUT2D eigenvalue weighted by Gasteiger charge is -2.24. The van der Waals surface area contributed by atoms with Crippen molar-refractivity contribution in [1.29, 1.82) is 0 Å². The van der Waals surface area contributed by atoms with E-state index in [-0.39, 0.29) is 5.56 Å². The summed E-state index contributed by atoms with van der Waals surface area (Å²) in [6.45, 7) is 19.5. The third kappa shape index (κ3) is 5.44. The van der Waals surface area contributed by atoms with Crippen LogP contribution in [-0.2, 0) is 6.54 Å². The average molecular weight is 437 g/mol. The molecule has 4 rings (SSSR count). The molecule has 1 aliphatic rings. The first-order valence-corrected chi connectivity index (χ1v) is 11.3. The third-order valence-corrected chi connectivity index (χ3v) is 5.44. The van der Waals surface area contributed by atoms with E-state index in [4.69, 9.17) is 4.74 Å². The summed E-state index contributed by atoms with van der Waals surface area (Å²) in [5.74, 6) is 1.46. The van der Waals surface area contributed by atoms with Crippen molar-refractivity contribution in [2.24, 2.45) is 0 Å². The number of H-pyrrole nitrogens is 1. The van der Waals surface area contributed by atoms with Gasteiger partial charge in [0, 0.05) is 25.2 Å². The zero-order valence-electron chi connectivity index (χ0n) is 20.1. The number of nitrogens with one attached hydrogen (secondary N) is 1. The van der Waals surface area contributed by atoms with Crippen LogP contribution in [0.1, 0.15) is 33.3 Å². The lowest BCUT2D eigenvalue weighted by Crippen LogP contribution is -2.32. The van der Waals surface area contributed by atoms with E-state index in [1.54, 1.807) is 0 Å². The van der Waals surface area contributed by atoms with Crippen LogP contribution in [0.25, 0.3) is 22.0 Å². The van der Waals surface area contributed by atoms with Gasteiger partial charge in [0.1, 0.15) is 17.2 Å². The van der Waals surface area contributed by atoms with Crippen molar-refractivity contribution in [1.82, 2.24) is 20.0 Å². The number of fused-ring (bicyclic) bond motifs is 2. The van der Waals surface area contributed by atoms with Gasteiger partial charge in [-0.1, -0.05) is 39.8 Å². The molecule has 0 radical (unpaired) electrons. The molecule has 0 saturated heterocycles. The van der Waals surface area contributed by atoms with Crippen molar-refractivity contribution in [3.8, 4) is 22.8 Å². The third-order valence-electron chi connectivity index (χ3n) is 5.44. The number of benzene rings is 2. The SMILES string of the molecule is C=C.CC.CCN(CC)CCN(C)Cc1ccc2c(c1)-c1n[nH]c(=O)c3cccc(c13)O2. The fourth-order valence-corrected chi connectivity index (χ4v) is 3.78. The molecule has 0 amide bonds. The molecule has 32 heavy (non-hydrogen) atoms. The van der Waals surface area contributed by atoms with Crippen LogP contribution in [0.2, 0.25) is 0 Å². The highest BCUT2D eigenvalue weighted by Crippen LogP contribution is 2.44. The normalized spacial score (nSPS) is 11.2. The molecular formula is C26H36N4O2. The molecule has 0 unspecified atom stereocenters. The Kier molecular flexibility index (Phi) is 9.62. The number of aromatic amines is 1. The van der Waals surface area contributed by atoms with Crippen LogP contribution in [0.15, 0.2) is 54.4 Å². The predicted octanol–water partition coefficient (Wildman–Crippen LogP) is 5.30.